The molecule has 6 heteroatoms. The lowest BCUT2D eigenvalue weighted by Gasteiger charge is -2.01. The molecule has 1 atom stereocenters. The molecule has 1 aromatic heterocycles. The zero-order valence-electron chi connectivity index (χ0n) is 9.73. The third-order valence-corrected chi connectivity index (χ3v) is 2.41. The Morgan fingerprint density at radius 2 is 1.94 bits per heavy atom. The number of benzene rings is 1. The van der Waals surface area contributed by atoms with E-state index in [-0.39, 0.29) is 17.3 Å². The van der Waals surface area contributed by atoms with Crippen molar-refractivity contribution in [3.63, 3.8) is 0 Å². The normalized spacial score (nSPS) is 12.7. The van der Waals surface area contributed by atoms with E-state index in [4.69, 9.17) is 4.52 Å². The third-order valence-electron chi connectivity index (χ3n) is 2.41. The molecule has 18 heavy (non-hydrogen) atoms. The second-order valence-electron chi connectivity index (χ2n) is 3.92. The van der Waals surface area contributed by atoms with Crippen LogP contribution in [0.3, 0.4) is 0 Å². The van der Waals surface area contributed by atoms with Gasteiger partial charge in [0.15, 0.2) is 0 Å². The molecule has 96 valence electrons. The first-order valence-corrected chi connectivity index (χ1v) is 5.58. The van der Waals surface area contributed by atoms with Gasteiger partial charge in [-0.25, -0.2) is 8.78 Å². The summed E-state index contributed by atoms with van der Waals surface area (Å²) < 4.78 is 30.9. The van der Waals surface area contributed by atoms with Crippen molar-refractivity contribution in [2.45, 2.75) is 25.9 Å². The molecule has 0 aliphatic heterocycles. The van der Waals surface area contributed by atoms with Crippen molar-refractivity contribution in [3.8, 4) is 11.5 Å². The van der Waals surface area contributed by atoms with E-state index in [2.05, 4.69) is 10.1 Å². The third kappa shape index (κ3) is 2.70. The van der Waals surface area contributed by atoms with Crippen LogP contribution >= 0.6 is 0 Å². The highest BCUT2D eigenvalue weighted by atomic mass is 19.1. The quantitative estimate of drug-likeness (QED) is 0.911. The van der Waals surface area contributed by atoms with Crippen LogP contribution < -0.4 is 0 Å². The summed E-state index contributed by atoms with van der Waals surface area (Å²) >= 11 is 0. The van der Waals surface area contributed by atoms with Gasteiger partial charge in [0.05, 0.1) is 0 Å². The monoisotopic (exact) mass is 254 g/mol. The molecule has 1 aromatic carbocycles. The average molecular weight is 254 g/mol. The Morgan fingerprint density at radius 1 is 1.28 bits per heavy atom. The van der Waals surface area contributed by atoms with Crippen LogP contribution in [-0.4, -0.2) is 15.2 Å². The van der Waals surface area contributed by atoms with Gasteiger partial charge < -0.3 is 9.63 Å². The zero-order valence-corrected chi connectivity index (χ0v) is 9.73. The highest BCUT2D eigenvalue weighted by molar-refractivity contribution is 5.52. The molecule has 4 nitrogen and oxygen atoms in total. The molecule has 0 amide bonds. The Balaban J connectivity index is 2.29. The molecule has 0 bridgehead atoms. The van der Waals surface area contributed by atoms with Crippen LogP contribution in [0.4, 0.5) is 8.78 Å². The Bertz CT molecular complexity index is 522. The second-order valence-corrected chi connectivity index (χ2v) is 3.92. The van der Waals surface area contributed by atoms with E-state index < -0.39 is 17.7 Å². The highest BCUT2D eigenvalue weighted by Gasteiger charge is 2.16. The second kappa shape index (κ2) is 5.22. The van der Waals surface area contributed by atoms with Gasteiger partial charge in [-0.3, -0.25) is 0 Å². The fraction of sp³-hybridized carbons (Fsp3) is 0.333. The van der Waals surface area contributed by atoms with Gasteiger partial charge in [-0.1, -0.05) is 18.5 Å². The number of aliphatic hydroxyl groups is 1. The summed E-state index contributed by atoms with van der Waals surface area (Å²) in [4.78, 5) is 3.92. The van der Waals surface area contributed by atoms with Crippen molar-refractivity contribution in [1.29, 1.82) is 0 Å². The molecule has 0 radical (unpaired) electrons. The molecule has 2 aromatic rings. The van der Waals surface area contributed by atoms with Crippen molar-refractivity contribution in [1.82, 2.24) is 10.1 Å². The highest BCUT2D eigenvalue weighted by Crippen LogP contribution is 2.22. The van der Waals surface area contributed by atoms with Crippen LogP contribution in [0.15, 0.2) is 22.7 Å². The molecule has 0 aliphatic carbocycles. The van der Waals surface area contributed by atoms with E-state index in [0.717, 1.165) is 24.6 Å². The van der Waals surface area contributed by atoms with Gasteiger partial charge in [-0.2, -0.15) is 4.98 Å². The molecular weight excluding hydrogens is 242 g/mol. The molecule has 0 fully saturated rings. The number of aromatic nitrogens is 2. The Hall–Kier alpha value is -1.82. The molecule has 0 saturated heterocycles. The molecule has 0 spiro atoms. The number of rotatable bonds is 4. The maximum absolute atomic E-state index is 13.0. The fourth-order valence-corrected chi connectivity index (χ4v) is 1.57. The van der Waals surface area contributed by atoms with E-state index in [1.807, 2.05) is 6.92 Å². The molecule has 0 saturated carbocycles. The molecule has 0 aliphatic rings. The minimum absolute atomic E-state index is 0.0152. The van der Waals surface area contributed by atoms with Crippen molar-refractivity contribution in [2.75, 3.05) is 0 Å². The average Bonchev–Trinajstić information content (AvgIpc) is 2.77. The molecular formula is C12H12F2N2O2. The summed E-state index contributed by atoms with van der Waals surface area (Å²) in [5.41, 5.74) is 0.148. The predicted molar refractivity (Wildman–Crippen MR) is 59.5 cm³/mol. The molecule has 1 N–H and O–H groups in total. The van der Waals surface area contributed by atoms with Crippen LogP contribution in [0.1, 0.15) is 31.7 Å². The summed E-state index contributed by atoms with van der Waals surface area (Å²) in [6.07, 6.45) is 0.432. The summed E-state index contributed by atoms with van der Waals surface area (Å²) in [7, 11) is 0. The molecule has 1 heterocycles. The summed E-state index contributed by atoms with van der Waals surface area (Å²) in [6, 6.07) is 2.94. The SMILES string of the molecule is CCCC(O)c1noc(-c2cc(F)cc(F)c2)n1. The van der Waals surface area contributed by atoms with Gasteiger partial charge in [0.1, 0.15) is 17.7 Å². The first-order chi connectivity index (χ1) is 8.60. The standard InChI is InChI=1S/C12H12F2N2O2/c1-2-3-10(17)11-15-12(18-16-11)7-4-8(13)6-9(14)5-7/h4-6,10,17H,2-3H2,1H3. The van der Waals surface area contributed by atoms with Crippen molar-refractivity contribution >= 4 is 0 Å². The van der Waals surface area contributed by atoms with Gasteiger partial charge >= 0.3 is 0 Å². The van der Waals surface area contributed by atoms with Crippen LogP contribution in [0.5, 0.6) is 0 Å². The van der Waals surface area contributed by atoms with E-state index >= 15 is 0 Å². The maximum Gasteiger partial charge on any atom is 0.258 e. The smallest absolute Gasteiger partial charge is 0.258 e. The van der Waals surface area contributed by atoms with Crippen LogP contribution in [-0.2, 0) is 0 Å². The van der Waals surface area contributed by atoms with Crippen molar-refractivity contribution in [2.24, 2.45) is 0 Å². The summed E-state index contributed by atoms with van der Waals surface area (Å²) in [5.74, 6) is -1.34. The lowest BCUT2D eigenvalue weighted by molar-refractivity contribution is 0.153. The first kappa shape index (κ1) is 12.6. The predicted octanol–water partition coefficient (Wildman–Crippen LogP) is 2.85. The summed E-state index contributed by atoms with van der Waals surface area (Å²) in [5, 5.41) is 13.2. The van der Waals surface area contributed by atoms with Crippen molar-refractivity contribution in [3.05, 3.63) is 35.7 Å². The Morgan fingerprint density at radius 3 is 2.56 bits per heavy atom. The maximum atomic E-state index is 13.0. The van der Waals surface area contributed by atoms with E-state index in [1.165, 1.54) is 0 Å². The van der Waals surface area contributed by atoms with Crippen LogP contribution in [0.25, 0.3) is 11.5 Å². The summed E-state index contributed by atoms with van der Waals surface area (Å²) in [6.45, 7) is 1.91. The van der Waals surface area contributed by atoms with Gasteiger partial charge in [-0.05, 0) is 18.6 Å². The Kier molecular flexibility index (Phi) is 3.66. The van der Waals surface area contributed by atoms with Crippen LogP contribution in [0.2, 0.25) is 0 Å². The molecule has 2 rings (SSSR count). The van der Waals surface area contributed by atoms with Gasteiger partial charge in [0.2, 0.25) is 5.82 Å². The van der Waals surface area contributed by atoms with Gasteiger partial charge in [0, 0.05) is 11.6 Å². The van der Waals surface area contributed by atoms with E-state index in [1.54, 1.807) is 0 Å². The number of hydrogen-bond acceptors (Lipinski definition) is 4. The van der Waals surface area contributed by atoms with Gasteiger partial charge in [0.25, 0.3) is 5.89 Å². The fourth-order valence-electron chi connectivity index (χ4n) is 1.57. The number of nitrogens with zero attached hydrogens (tertiary/aromatic N) is 2. The minimum Gasteiger partial charge on any atom is -0.385 e. The Labute approximate surface area is 102 Å². The lowest BCUT2D eigenvalue weighted by Crippen LogP contribution is -1.98. The van der Waals surface area contributed by atoms with Crippen molar-refractivity contribution < 1.29 is 18.4 Å². The molecule has 1 unspecified atom stereocenters. The number of hydrogen-bond donors (Lipinski definition) is 1. The minimum atomic E-state index is -0.828. The first-order valence-electron chi connectivity index (χ1n) is 5.58. The zero-order chi connectivity index (χ0) is 13.1. The lowest BCUT2D eigenvalue weighted by atomic mass is 10.2. The number of aliphatic hydroxyl groups excluding tert-OH is 1. The van der Waals surface area contributed by atoms with E-state index in [0.29, 0.717) is 6.42 Å². The van der Waals surface area contributed by atoms with E-state index in [9.17, 15) is 13.9 Å². The largest absolute Gasteiger partial charge is 0.385 e. The van der Waals surface area contributed by atoms with Crippen LogP contribution in [0, 0.1) is 11.6 Å². The van der Waals surface area contributed by atoms with Gasteiger partial charge in [-0.15, -0.1) is 0 Å². The number of halogens is 2. The topological polar surface area (TPSA) is 59.2 Å².